The lowest BCUT2D eigenvalue weighted by atomic mass is 10.2. The van der Waals surface area contributed by atoms with E-state index in [2.05, 4.69) is 15.5 Å². The zero-order chi connectivity index (χ0) is 18.8. The van der Waals surface area contributed by atoms with E-state index in [0.29, 0.717) is 42.2 Å². The van der Waals surface area contributed by atoms with Crippen LogP contribution in [0.25, 0.3) is 10.7 Å². The minimum atomic E-state index is -0.437. The van der Waals surface area contributed by atoms with Crippen molar-refractivity contribution in [2.45, 2.75) is 13.0 Å². The average Bonchev–Trinajstić information content (AvgIpc) is 3.35. The fraction of sp³-hybridized carbons (Fsp3) is 0.278. The Morgan fingerprint density at radius 1 is 1.41 bits per heavy atom. The van der Waals surface area contributed by atoms with Gasteiger partial charge in [0.1, 0.15) is 6.04 Å². The Morgan fingerprint density at radius 2 is 2.30 bits per heavy atom. The maximum absolute atomic E-state index is 12.9. The van der Waals surface area contributed by atoms with E-state index in [4.69, 9.17) is 20.9 Å². The molecule has 3 heterocycles. The number of nitrogens with one attached hydrogen (secondary N) is 1. The average molecular weight is 405 g/mol. The number of nitrogens with zero attached hydrogens (tertiary/aromatic N) is 3. The van der Waals surface area contributed by atoms with E-state index < -0.39 is 6.04 Å². The number of carbonyl (C=O) groups excluding carboxylic acids is 1. The first-order chi connectivity index (χ1) is 13.1. The first kappa shape index (κ1) is 18.0. The molecule has 4 rings (SSSR count). The molecule has 27 heavy (non-hydrogen) atoms. The van der Waals surface area contributed by atoms with Gasteiger partial charge in [0.25, 0.3) is 5.89 Å². The molecule has 2 amide bonds. The quantitative estimate of drug-likeness (QED) is 0.701. The van der Waals surface area contributed by atoms with Gasteiger partial charge >= 0.3 is 6.03 Å². The molecule has 2 aromatic heterocycles. The minimum absolute atomic E-state index is 0.246. The summed E-state index contributed by atoms with van der Waals surface area (Å²) in [4.78, 5) is 19.9. The number of benzene rings is 1. The van der Waals surface area contributed by atoms with Crippen LogP contribution in [0.3, 0.4) is 0 Å². The number of rotatable bonds is 3. The number of urea groups is 1. The van der Waals surface area contributed by atoms with Gasteiger partial charge in [-0.25, -0.2) is 4.79 Å². The number of amides is 2. The highest BCUT2D eigenvalue weighted by molar-refractivity contribution is 7.13. The fourth-order valence-corrected chi connectivity index (χ4v) is 3.76. The first-order valence-corrected chi connectivity index (χ1v) is 9.66. The number of hydrogen-bond acceptors (Lipinski definition) is 6. The monoisotopic (exact) mass is 404 g/mol. The van der Waals surface area contributed by atoms with Gasteiger partial charge in [0.05, 0.1) is 18.1 Å². The molecule has 0 aliphatic carbocycles. The Kier molecular flexibility index (Phi) is 5.11. The van der Waals surface area contributed by atoms with Crippen molar-refractivity contribution in [2.75, 3.05) is 25.1 Å². The van der Waals surface area contributed by atoms with Crippen molar-refractivity contribution < 1.29 is 14.1 Å². The van der Waals surface area contributed by atoms with Gasteiger partial charge in [0.15, 0.2) is 0 Å². The maximum Gasteiger partial charge on any atom is 0.322 e. The molecule has 140 valence electrons. The highest BCUT2D eigenvalue weighted by Gasteiger charge is 2.33. The molecule has 0 bridgehead atoms. The van der Waals surface area contributed by atoms with Gasteiger partial charge in [-0.15, -0.1) is 11.3 Å². The lowest BCUT2D eigenvalue weighted by Gasteiger charge is -2.33. The van der Waals surface area contributed by atoms with Gasteiger partial charge in [-0.2, -0.15) is 4.98 Å². The zero-order valence-electron chi connectivity index (χ0n) is 14.5. The van der Waals surface area contributed by atoms with Crippen LogP contribution in [-0.4, -0.2) is 40.8 Å². The molecule has 1 N–H and O–H groups in total. The second-order valence-electron chi connectivity index (χ2n) is 6.11. The van der Waals surface area contributed by atoms with Crippen LogP contribution in [0, 0.1) is 6.92 Å². The smallest absolute Gasteiger partial charge is 0.322 e. The summed E-state index contributed by atoms with van der Waals surface area (Å²) in [7, 11) is 0. The van der Waals surface area contributed by atoms with Gasteiger partial charge < -0.3 is 19.5 Å². The highest BCUT2D eigenvalue weighted by atomic mass is 35.5. The van der Waals surface area contributed by atoms with Crippen LogP contribution in [0.4, 0.5) is 10.5 Å². The van der Waals surface area contributed by atoms with Crippen LogP contribution in [0.1, 0.15) is 17.5 Å². The summed E-state index contributed by atoms with van der Waals surface area (Å²) in [5, 5.41) is 9.53. The van der Waals surface area contributed by atoms with E-state index in [1.807, 2.05) is 24.4 Å². The van der Waals surface area contributed by atoms with Crippen molar-refractivity contribution >= 4 is 34.7 Å². The number of ether oxygens (including phenoxy) is 1. The molecule has 1 saturated heterocycles. The largest absolute Gasteiger partial charge is 0.377 e. The van der Waals surface area contributed by atoms with E-state index in [0.717, 1.165) is 10.4 Å². The molecule has 7 nitrogen and oxygen atoms in total. The second kappa shape index (κ2) is 7.67. The predicted octanol–water partition coefficient (Wildman–Crippen LogP) is 4.37. The van der Waals surface area contributed by atoms with Gasteiger partial charge in [0, 0.05) is 17.3 Å². The lowest BCUT2D eigenvalue weighted by Crippen LogP contribution is -2.45. The van der Waals surface area contributed by atoms with Crippen molar-refractivity contribution in [3.8, 4) is 10.7 Å². The summed E-state index contributed by atoms with van der Waals surface area (Å²) < 4.78 is 11.0. The summed E-state index contributed by atoms with van der Waals surface area (Å²) in [6.45, 7) is 3.08. The Labute approximate surface area is 164 Å². The molecular formula is C18H17ClN4O3S. The summed E-state index contributed by atoms with van der Waals surface area (Å²) in [6, 6.07) is 8.49. The molecule has 1 aromatic carbocycles. The van der Waals surface area contributed by atoms with E-state index in [-0.39, 0.29) is 6.03 Å². The van der Waals surface area contributed by atoms with Crippen LogP contribution >= 0.6 is 22.9 Å². The third-order valence-electron chi connectivity index (χ3n) is 4.29. The zero-order valence-corrected chi connectivity index (χ0v) is 16.1. The number of thiophene rings is 1. The standard InChI is InChI=1S/C18H17ClN4O3S/c1-11-9-12(19)4-5-13(11)20-18(24)23-6-7-25-10-14(23)17-21-16(22-26-17)15-3-2-8-27-15/h2-5,8-9,14H,6-7,10H2,1H3,(H,20,24). The molecule has 0 spiro atoms. The van der Waals surface area contributed by atoms with Gasteiger partial charge in [0.2, 0.25) is 5.82 Å². The Bertz CT molecular complexity index is 944. The number of hydrogen-bond donors (Lipinski definition) is 1. The topological polar surface area (TPSA) is 80.5 Å². The maximum atomic E-state index is 12.9. The number of aryl methyl sites for hydroxylation is 1. The summed E-state index contributed by atoms with van der Waals surface area (Å²) >= 11 is 7.51. The predicted molar refractivity (Wildman–Crippen MR) is 103 cm³/mol. The van der Waals surface area contributed by atoms with E-state index in [1.165, 1.54) is 11.3 Å². The van der Waals surface area contributed by atoms with Crippen molar-refractivity contribution in [2.24, 2.45) is 0 Å². The molecule has 9 heteroatoms. The third-order valence-corrected chi connectivity index (χ3v) is 5.39. The Balaban J connectivity index is 1.54. The molecule has 0 saturated carbocycles. The van der Waals surface area contributed by atoms with Gasteiger partial charge in [-0.3, -0.25) is 0 Å². The van der Waals surface area contributed by atoms with E-state index in [1.54, 1.807) is 23.1 Å². The Morgan fingerprint density at radius 3 is 3.07 bits per heavy atom. The van der Waals surface area contributed by atoms with Gasteiger partial charge in [-0.05, 0) is 42.1 Å². The molecule has 1 aliphatic rings. The van der Waals surface area contributed by atoms with E-state index >= 15 is 0 Å². The van der Waals surface area contributed by atoms with Crippen molar-refractivity contribution in [3.05, 3.63) is 52.2 Å². The molecule has 1 unspecified atom stereocenters. The lowest BCUT2D eigenvalue weighted by molar-refractivity contribution is 0.00348. The first-order valence-electron chi connectivity index (χ1n) is 8.41. The molecule has 1 fully saturated rings. The van der Waals surface area contributed by atoms with Crippen molar-refractivity contribution in [3.63, 3.8) is 0 Å². The molecule has 3 aromatic rings. The molecule has 1 aliphatic heterocycles. The van der Waals surface area contributed by atoms with Crippen LogP contribution in [0.2, 0.25) is 5.02 Å². The molecular weight excluding hydrogens is 388 g/mol. The Hall–Kier alpha value is -2.42. The molecule has 1 atom stereocenters. The number of carbonyl (C=O) groups is 1. The van der Waals surface area contributed by atoms with Crippen LogP contribution in [0.15, 0.2) is 40.2 Å². The van der Waals surface area contributed by atoms with Crippen molar-refractivity contribution in [1.29, 1.82) is 0 Å². The minimum Gasteiger partial charge on any atom is -0.377 e. The molecule has 0 radical (unpaired) electrons. The SMILES string of the molecule is Cc1cc(Cl)ccc1NC(=O)N1CCOCC1c1nc(-c2cccs2)no1. The highest BCUT2D eigenvalue weighted by Crippen LogP contribution is 2.28. The fourth-order valence-electron chi connectivity index (χ4n) is 2.88. The van der Waals surface area contributed by atoms with Gasteiger partial charge in [-0.1, -0.05) is 22.8 Å². The van der Waals surface area contributed by atoms with Crippen LogP contribution in [-0.2, 0) is 4.74 Å². The third kappa shape index (κ3) is 3.83. The number of anilines is 1. The number of halogens is 1. The summed E-state index contributed by atoms with van der Waals surface area (Å²) in [5.41, 5.74) is 1.60. The van der Waals surface area contributed by atoms with Crippen molar-refractivity contribution in [1.82, 2.24) is 15.0 Å². The van der Waals surface area contributed by atoms with E-state index in [9.17, 15) is 4.79 Å². The normalized spacial score (nSPS) is 17.1. The van der Waals surface area contributed by atoms with Crippen LogP contribution in [0.5, 0.6) is 0 Å². The van der Waals surface area contributed by atoms with Crippen LogP contribution < -0.4 is 5.32 Å². The number of morpholine rings is 1. The summed E-state index contributed by atoms with van der Waals surface area (Å²) in [5.74, 6) is 0.876. The second-order valence-corrected chi connectivity index (χ2v) is 7.49. The number of aromatic nitrogens is 2. The summed E-state index contributed by atoms with van der Waals surface area (Å²) in [6.07, 6.45) is 0.